The Morgan fingerprint density at radius 2 is 1.75 bits per heavy atom. The van der Waals surface area contributed by atoms with Crippen molar-refractivity contribution in [3.05, 3.63) is 35.9 Å². The summed E-state index contributed by atoms with van der Waals surface area (Å²) < 4.78 is 0. The molecule has 1 fully saturated rings. The molecule has 20 heavy (non-hydrogen) atoms. The molecule has 0 saturated heterocycles. The van der Waals surface area contributed by atoms with E-state index < -0.39 is 0 Å². The molecule has 1 aromatic carbocycles. The number of benzene rings is 1. The zero-order chi connectivity index (χ0) is 14.2. The van der Waals surface area contributed by atoms with Crippen molar-refractivity contribution in [3.63, 3.8) is 0 Å². The maximum Gasteiger partial charge on any atom is 0.0351 e. The number of hydrogen-bond donors (Lipinski definition) is 1. The number of nitrogens with one attached hydrogen (secondary N) is 1. The summed E-state index contributed by atoms with van der Waals surface area (Å²) >= 11 is 0. The summed E-state index contributed by atoms with van der Waals surface area (Å²) in [5, 5.41) is 3.99. The molecule has 1 aliphatic rings. The third-order valence-corrected chi connectivity index (χ3v) is 4.83. The minimum Gasteiger partial charge on any atom is -0.307 e. The molecule has 0 spiro atoms. The molecule has 0 heterocycles. The predicted molar refractivity (Wildman–Crippen MR) is 87.9 cm³/mol. The van der Waals surface area contributed by atoms with Crippen molar-refractivity contribution < 1.29 is 0 Å². The lowest BCUT2D eigenvalue weighted by Crippen LogP contribution is -2.37. The first kappa shape index (κ1) is 15.6. The van der Waals surface area contributed by atoms with Gasteiger partial charge in [-0.25, -0.2) is 0 Å². The normalized spacial score (nSPS) is 19.7. The standard InChI is InChI=1S/C19H31N/c1-3-11-18(4-2)20-19(16-12-7-5-8-13-16)17-14-9-6-10-15-17/h5,7-8,12-13,17-20H,3-4,6,9-11,14-15H2,1-2H3. The molecule has 1 aromatic rings. The van der Waals surface area contributed by atoms with Crippen molar-refractivity contribution in [2.45, 2.75) is 77.3 Å². The van der Waals surface area contributed by atoms with Gasteiger partial charge in [-0.3, -0.25) is 0 Å². The molecule has 1 heteroatoms. The van der Waals surface area contributed by atoms with Crippen LogP contribution in [0.1, 0.15) is 76.8 Å². The van der Waals surface area contributed by atoms with Crippen LogP contribution in [0.25, 0.3) is 0 Å². The first-order valence-corrected chi connectivity index (χ1v) is 8.66. The van der Waals surface area contributed by atoms with Crippen LogP contribution in [0, 0.1) is 5.92 Å². The van der Waals surface area contributed by atoms with Crippen LogP contribution in [0.15, 0.2) is 30.3 Å². The van der Waals surface area contributed by atoms with E-state index in [0.717, 1.165) is 5.92 Å². The lowest BCUT2D eigenvalue weighted by molar-refractivity contribution is 0.246. The maximum atomic E-state index is 3.99. The Labute approximate surface area is 125 Å². The quantitative estimate of drug-likeness (QED) is 0.694. The first-order chi connectivity index (χ1) is 9.85. The molecule has 0 aliphatic heterocycles. The van der Waals surface area contributed by atoms with Crippen molar-refractivity contribution in [1.82, 2.24) is 5.32 Å². The van der Waals surface area contributed by atoms with Crippen LogP contribution in [-0.2, 0) is 0 Å². The second kappa shape index (κ2) is 8.46. The van der Waals surface area contributed by atoms with Gasteiger partial charge in [0.1, 0.15) is 0 Å². The van der Waals surface area contributed by atoms with Gasteiger partial charge in [0.05, 0.1) is 0 Å². The predicted octanol–water partition coefficient (Wildman–Crippen LogP) is 5.48. The van der Waals surface area contributed by atoms with Gasteiger partial charge in [-0.2, -0.15) is 0 Å². The van der Waals surface area contributed by atoms with Crippen LogP contribution in [0.3, 0.4) is 0 Å². The fourth-order valence-electron chi connectivity index (χ4n) is 3.64. The average molecular weight is 273 g/mol. The van der Waals surface area contributed by atoms with Gasteiger partial charge >= 0.3 is 0 Å². The van der Waals surface area contributed by atoms with E-state index in [-0.39, 0.29) is 0 Å². The molecule has 2 atom stereocenters. The molecule has 0 amide bonds. The van der Waals surface area contributed by atoms with E-state index in [9.17, 15) is 0 Å². The average Bonchev–Trinajstić information content (AvgIpc) is 2.53. The topological polar surface area (TPSA) is 12.0 Å². The van der Waals surface area contributed by atoms with Crippen LogP contribution in [0.4, 0.5) is 0 Å². The van der Waals surface area contributed by atoms with E-state index in [1.807, 2.05) is 0 Å². The molecule has 1 saturated carbocycles. The third kappa shape index (κ3) is 4.34. The van der Waals surface area contributed by atoms with Gasteiger partial charge in [0, 0.05) is 12.1 Å². The van der Waals surface area contributed by atoms with Crippen LogP contribution in [0.2, 0.25) is 0 Å². The number of rotatable bonds is 7. The Kier molecular flexibility index (Phi) is 6.59. The Morgan fingerprint density at radius 1 is 1.05 bits per heavy atom. The van der Waals surface area contributed by atoms with Gasteiger partial charge < -0.3 is 5.32 Å². The highest BCUT2D eigenvalue weighted by molar-refractivity contribution is 5.20. The Morgan fingerprint density at radius 3 is 2.35 bits per heavy atom. The van der Waals surface area contributed by atoms with Crippen LogP contribution < -0.4 is 5.32 Å². The monoisotopic (exact) mass is 273 g/mol. The highest BCUT2D eigenvalue weighted by atomic mass is 15.0. The van der Waals surface area contributed by atoms with Gasteiger partial charge in [0.15, 0.2) is 0 Å². The molecule has 0 bridgehead atoms. The van der Waals surface area contributed by atoms with Crippen molar-refractivity contribution in [1.29, 1.82) is 0 Å². The maximum absolute atomic E-state index is 3.99. The highest BCUT2D eigenvalue weighted by Crippen LogP contribution is 2.35. The van der Waals surface area contributed by atoms with Gasteiger partial charge in [0.2, 0.25) is 0 Å². The third-order valence-electron chi connectivity index (χ3n) is 4.83. The van der Waals surface area contributed by atoms with E-state index in [1.165, 1.54) is 56.9 Å². The summed E-state index contributed by atoms with van der Waals surface area (Å²) in [6.45, 7) is 4.61. The molecular weight excluding hydrogens is 242 g/mol. The highest BCUT2D eigenvalue weighted by Gasteiger charge is 2.26. The summed E-state index contributed by atoms with van der Waals surface area (Å²) in [6.07, 6.45) is 10.9. The SMILES string of the molecule is CCCC(CC)NC(c1ccccc1)C1CCCCC1. The summed E-state index contributed by atoms with van der Waals surface area (Å²) in [4.78, 5) is 0. The minimum atomic E-state index is 0.563. The van der Waals surface area contributed by atoms with Gasteiger partial charge in [0.25, 0.3) is 0 Å². The largest absolute Gasteiger partial charge is 0.307 e. The van der Waals surface area contributed by atoms with E-state index in [1.54, 1.807) is 0 Å². The lowest BCUT2D eigenvalue weighted by Gasteiger charge is -2.34. The fraction of sp³-hybridized carbons (Fsp3) is 0.684. The lowest BCUT2D eigenvalue weighted by atomic mass is 9.80. The van der Waals surface area contributed by atoms with Gasteiger partial charge in [-0.1, -0.05) is 69.9 Å². The van der Waals surface area contributed by atoms with Crippen molar-refractivity contribution in [3.8, 4) is 0 Å². The zero-order valence-electron chi connectivity index (χ0n) is 13.3. The van der Waals surface area contributed by atoms with Crippen molar-refractivity contribution in [2.24, 2.45) is 5.92 Å². The molecule has 1 aliphatic carbocycles. The summed E-state index contributed by atoms with van der Waals surface area (Å²) in [5.74, 6) is 0.831. The van der Waals surface area contributed by atoms with E-state index in [4.69, 9.17) is 0 Å². The molecule has 1 nitrogen and oxygen atoms in total. The minimum absolute atomic E-state index is 0.563. The Bertz CT molecular complexity index is 353. The summed E-state index contributed by atoms with van der Waals surface area (Å²) in [5.41, 5.74) is 1.49. The van der Waals surface area contributed by atoms with E-state index in [0.29, 0.717) is 12.1 Å². The molecular formula is C19H31N. The summed E-state index contributed by atoms with van der Waals surface area (Å²) in [6, 6.07) is 12.4. The summed E-state index contributed by atoms with van der Waals surface area (Å²) in [7, 11) is 0. The molecule has 0 radical (unpaired) electrons. The van der Waals surface area contributed by atoms with E-state index >= 15 is 0 Å². The molecule has 2 unspecified atom stereocenters. The molecule has 112 valence electrons. The smallest absolute Gasteiger partial charge is 0.0351 e. The van der Waals surface area contributed by atoms with Crippen molar-refractivity contribution >= 4 is 0 Å². The molecule has 0 aromatic heterocycles. The number of hydrogen-bond acceptors (Lipinski definition) is 1. The Hall–Kier alpha value is -0.820. The zero-order valence-corrected chi connectivity index (χ0v) is 13.3. The van der Waals surface area contributed by atoms with Crippen LogP contribution in [0.5, 0.6) is 0 Å². The second-order valence-corrected chi connectivity index (χ2v) is 6.35. The van der Waals surface area contributed by atoms with Crippen LogP contribution >= 0.6 is 0 Å². The van der Waals surface area contributed by atoms with Crippen molar-refractivity contribution in [2.75, 3.05) is 0 Å². The second-order valence-electron chi connectivity index (χ2n) is 6.35. The van der Waals surface area contributed by atoms with Crippen LogP contribution in [-0.4, -0.2) is 6.04 Å². The fourth-order valence-corrected chi connectivity index (χ4v) is 3.64. The van der Waals surface area contributed by atoms with Gasteiger partial charge in [-0.15, -0.1) is 0 Å². The van der Waals surface area contributed by atoms with E-state index in [2.05, 4.69) is 49.5 Å². The van der Waals surface area contributed by atoms with Gasteiger partial charge in [-0.05, 0) is 37.2 Å². The first-order valence-electron chi connectivity index (χ1n) is 8.66. The Balaban J connectivity index is 2.10. The molecule has 2 rings (SSSR count). The molecule has 1 N–H and O–H groups in total.